The molecule has 0 unspecified atom stereocenters. The van der Waals surface area contributed by atoms with Crippen molar-refractivity contribution in [3.05, 3.63) is 0 Å². The van der Waals surface area contributed by atoms with Crippen molar-refractivity contribution in [2.24, 2.45) is 5.92 Å². The van der Waals surface area contributed by atoms with Gasteiger partial charge in [0.05, 0.1) is 0 Å². The Bertz CT molecular complexity index is 309. The summed E-state index contributed by atoms with van der Waals surface area (Å²) in [5.41, 5.74) is 0.236. The molecule has 1 spiro atoms. The van der Waals surface area contributed by atoms with E-state index < -0.39 is 0 Å². The van der Waals surface area contributed by atoms with Crippen LogP contribution in [-0.4, -0.2) is 36.0 Å². The van der Waals surface area contributed by atoms with Gasteiger partial charge in [-0.1, -0.05) is 19.3 Å². The summed E-state index contributed by atoms with van der Waals surface area (Å²) < 4.78 is 0. The van der Waals surface area contributed by atoms with Crippen LogP contribution in [0.1, 0.15) is 57.8 Å². The summed E-state index contributed by atoms with van der Waals surface area (Å²) in [4.78, 5) is 15.1. The summed E-state index contributed by atoms with van der Waals surface area (Å²) in [7, 11) is 0. The molecule has 0 radical (unpaired) electrons. The Kier molecular flexibility index (Phi) is 5.13. The van der Waals surface area contributed by atoms with Crippen molar-refractivity contribution in [2.75, 3.05) is 19.6 Å². The first-order valence-corrected chi connectivity index (χ1v) is 7.84. The van der Waals surface area contributed by atoms with Crippen LogP contribution < -0.4 is 5.32 Å². The molecule has 0 bridgehead atoms. The van der Waals surface area contributed by atoms with E-state index in [4.69, 9.17) is 0 Å². The minimum atomic E-state index is 0. The summed E-state index contributed by atoms with van der Waals surface area (Å²) in [6.45, 7) is 3.21. The summed E-state index contributed by atoms with van der Waals surface area (Å²) >= 11 is 0. The van der Waals surface area contributed by atoms with Gasteiger partial charge < -0.3 is 10.2 Å². The molecule has 19 heavy (non-hydrogen) atoms. The van der Waals surface area contributed by atoms with E-state index >= 15 is 0 Å². The van der Waals surface area contributed by atoms with Crippen molar-refractivity contribution in [2.45, 2.75) is 63.3 Å². The van der Waals surface area contributed by atoms with E-state index in [1.165, 1.54) is 44.9 Å². The van der Waals surface area contributed by atoms with Crippen molar-refractivity contribution in [1.29, 1.82) is 0 Å². The van der Waals surface area contributed by atoms with Gasteiger partial charge in [0.2, 0.25) is 5.91 Å². The zero-order chi connectivity index (χ0) is 12.4. The van der Waals surface area contributed by atoms with Crippen LogP contribution in [0.4, 0.5) is 0 Å². The van der Waals surface area contributed by atoms with Gasteiger partial charge in [-0.15, -0.1) is 12.4 Å². The highest BCUT2D eigenvalue weighted by Crippen LogP contribution is 2.39. The van der Waals surface area contributed by atoms with E-state index in [9.17, 15) is 4.79 Å². The Labute approximate surface area is 122 Å². The van der Waals surface area contributed by atoms with Crippen LogP contribution in [0.3, 0.4) is 0 Å². The molecule has 4 heteroatoms. The van der Waals surface area contributed by atoms with Gasteiger partial charge in [0.1, 0.15) is 0 Å². The van der Waals surface area contributed by atoms with Crippen LogP contribution in [0.15, 0.2) is 0 Å². The first kappa shape index (κ1) is 15.1. The molecular formula is C15H27ClN2O. The van der Waals surface area contributed by atoms with E-state index in [1.807, 2.05) is 0 Å². The molecule has 0 aromatic rings. The first-order chi connectivity index (χ1) is 8.82. The normalized spacial score (nSPS) is 27.3. The molecule has 110 valence electrons. The highest BCUT2D eigenvalue weighted by Gasteiger charge is 2.45. The average Bonchev–Trinajstić information content (AvgIpc) is 2.83. The lowest BCUT2D eigenvalue weighted by Crippen LogP contribution is -2.54. The minimum Gasteiger partial charge on any atom is -0.337 e. The molecule has 1 aliphatic carbocycles. The SMILES string of the molecule is Cl.O=C(C1CCCCC1)N1CCCC12CCNCC2. The molecule has 3 fully saturated rings. The second-order valence-electron chi connectivity index (χ2n) is 6.40. The number of nitrogens with one attached hydrogen (secondary N) is 1. The summed E-state index contributed by atoms with van der Waals surface area (Å²) in [6, 6.07) is 0. The number of halogens is 1. The van der Waals surface area contributed by atoms with E-state index in [0.717, 1.165) is 32.5 Å². The molecule has 2 saturated heterocycles. The Morgan fingerprint density at radius 3 is 2.37 bits per heavy atom. The van der Waals surface area contributed by atoms with Gasteiger partial charge in [0, 0.05) is 18.0 Å². The standard InChI is InChI=1S/C15H26N2O.ClH/c18-14(13-5-2-1-3-6-13)17-12-4-7-15(17)8-10-16-11-9-15;/h13,16H,1-12H2;1H. The van der Waals surface area contributed by atoms with Gasteiger partial charge in [-0.05, 0) is 51.6 Å². The molecular weight excluding hydrogens is 260 g/mol. The number of carbonyl (C=O) groups is 1. The predicted molar refractivity (Wildman–Crippen MR) is 79.6 cm³/mol. The zero-order valence-corrected chi connectivity index (χ0v) is 12.6. The second kappa shape index (κ2) is 6.45. The third kappa shape index (κ3) is 2.92. The molecule has 2 aliphatic heterocycles. The van der Waals surface area contributed by atoms with Crippen molar-refractivity contribution in [3.8, 4) is 0 Å². The molecule has 0 aromatic carbocycles. The summed E-state index contributed by atoms with van der Waals surface area (Å²) in [5, 5.41) is 3.44. The number of hydrogen-bond acceptors (Lipinski definition) is 2. The third-order valence-electron chi connectivity index (χ3n) is 5.35. The van der Waals surface area contributed by atoms with Crippen LogP contribution in [0, 0.1) is 5.92 Å². The average molecular weight is 287 g/mol. The lowest BCUT2D eigenvalue weighted by Gasteiger charge is -2.43. The molecule has 1 N–H and O–H groups in total. The van der Waals surface area contributed by atoms with Gasteiger partial charge in [-0.25, -0.2) is 0 Å². The number of piperidine rings is 1. The van der Waals surface area contributed by atoms with Gasteiger partial charge >= 0.3 is 0 Å². The number of hydrogen-bond donors (Lipinski definition) is 1. The van der Waals surface area contributed by atoms with Gasteiger partial charge in [0.25, 0.3) is 0 Å². The van der Waals surface area contributed by atoms with E-state index in [0.29, 0.717) is 11.8 Å². The highest BCUT2D eigenvalue weighted by atomic mass is 35.5. The largest absolute Gasteiger partial charge is 0.337 e. The smallest absolute Gasteiger partial charge is 0.226 e. The minimum absolute atomic E-state index is 0. The number of carbonyl (C=O) groups excluding carboxylic acids is 1. The number of amides is 1. The van der Waals surface area contributed by atoms with Crippen LogP contribution >= 0.6 is 12.4 Å². The predicted octanol–water partition coefficient (Wildman–Crippen LogP) is 2.73. The molecule has 1 saturated carbocycles. The van der Waals surface area contributed by atoms with Crippen molar-refractivity contribution in [3.63, 3.8) is 0 Å². The fraction of sp³-hybridized carbons (Fsp3) is 0.933. The van der Waals surface area contributed by atoms with Gasteiger partial charge in [0.15, 0.2) is 0 Å². The molecule has 0 atom stereocenters. The van der Waals surface area contributed by atoms with Gasteiger partial charge in [-0.3, -0.25) is 4.79 Å². The second-order valence-corrected chi connectivity index (χ2v) is 6.40. The number of nitrogens with zero attached hydrogens (tertiary/aromatic N) is 1. The Balaban J connectivity index is 0.00000133. The van der Waals surface area contributed by atoms with Gasteiger partial charge in [-0.2, -0.15) is 0 Å². The molecule has 0 aromatic heterocycles. The fourth-order valence-corrected chi connectivity index (χ4v) is 4.26. The van der Waals surface area contributed by atoms with Crippen LogP contribution in [0.2, 0.25) is 0 Å². The Hall–Kier alpha value is -0.280. The molecule has 3 aliphatic rings. The van der Waals surface area contributed by atoms with E-state index in [1.54, 1.807) is 0 Å². The maximum absolute atomic E-state index is 12.8. The summed E-state index contributed by atoms with van der Waals surface area (Å²) in [6.07, 6.45) is 11.0. The monoisotopic (exact) mass is 286 g/mol. The fourth-order valence-electron chi connectivity index (χ4n) is 4.26. The maximum Gasteiger partial charge on any atom is 0.226 e. The first-order valence-electron chi connectivity index (χ1n) is 7.84. The highest BCUT2D eigenvalue weighted by molar-refractivity contribution is 5.85. The van der Waals surface area contributed by atoms with E-state index in [2.05, 4.69) is 10.2 Å². The Morgan fingerprint density at radius 2 is 1.68 bits per heavy atom. The lowest BCUT2D eigenvalue weighted by molar-refractivity contribution is -0.141. The molecule has 3 rings (SSSR count). The van der Waals surface area contributed by atoms with Crippen LogP contribution in [0.5, 0.6) is 0 Å². The van der Waals surface area contributed by atoms with Crippen LogP contribution in [0.25, 0.3) is 0 Å². The number of rotatable bonds is 1. The maximum atomic E-state index is 12.8. The topological polar surface area (TPSA) is 32.3 Å². The number of likely N-dealkylation sites (tertiary alicyclic amines) is 1. The lowest BCUT2D eigenvalue weighted by atomic mass is 9.83. The van der Waals surface area contributed by atoms with Crippen LogP contribution in [-0.2, 0) is 4.79 Å². The zero-order valence-electron chi connectivity index (χ0n) is 11.8. The van der Waals surface area contributed by atoms with Crippen molar-refractivity contribution < 1.29 is 4.79 Å². The molecule has 1 amide bonds. The van der Waals surface area contributed by atoms with E-state index in [-0.39, 0.29) is 17.9 Å². The van der Waals surface area contributed by atoms with Crippen molar-refractivity contribution in [1.82, 2.24) is 10.2 Å². The Morgan fingerprint density at radius 1 is 1.00 bits per heavy atom. The molecule has 2 heterocycles. The quantitative estimate of drug-likeness (QED) is 0.804. The summed E-state index contributed by atoms with van der Waals surface area (Å²) in [5.74, 6) is 0.845. The molecule has 3 nitrogen and oxygen atoms in total. The van der Waals surface area contributed by atoms with Crippen molar-refractivity contribution >= 4 is 18.3 Å². The third-order valence-corrected chi connectivity index (χ3v) is 5.35.